The van der Waals surface area contributed by atoms with Crippen LogP contribution >= 0.6 is 0 Å². The van der Waals surface area contributed by atoms with Gasteiger partial charge < -0.3 is 15.4 Å². The van der Waals surface area contributed by atoms with Crippen molar-refractivity contribution in [2.75, 3.05) is 26.3 Å². The Morgan fingerprint density at radius 1 is 1.06 bits per heavy atom. The molecule has 0 atom stereocenters. The Labute approximate surface area is 103 Å². The highest BCUT2D eigenvalue weighted by molar-refractivity contribution is 5.76. The highest BCUT2D eigenvalue weighted by Crippen LogP contribution is 1.90. The summed E-state index contributed by atoms with van der Waals surface area (Å²) in [6, 6.07) is -0.132. The first-order chi connectivity index (χ1) is 8.16. The van der Waals surface area contributed by atoms with Crippen LogP contribution in [0.15, 0.2) is 0 Å². The molecule has 17 heavy (non-hydrogen) atoms. The molecule has 0 spiro atoms. The van der Waals surface area contributed by atoms with Gasteiger partial charge in [0, 0.05) is 19.7 Å². The van der Waals surface area contributed by atoms with Crippen molar-refractivity contribution in [3.63, 3.8) is 0 Å². The van der Waals surface area contributed by atoms with Gasteiger partial charge in [0.05, 0.1) is 0 Å². The average Bonchev–Trinajstić information content (AvgIpc) is 2.29. The average molecular weight is 244 g/mol. The Kier molecular flexibility index (Phi) is 10.7. The minimum atomic E-state index is -0.132. The van der Waals surface area contributed by atoms with Crippen molar-refractivity contribution in [1.29, 1.82) is 0 Å². The van der Waals surface area contributed by atoms with Crippen LogP contribution < -0.4 is 10.6 Å². The molecule has 0 fully saturated rings. The van der Waals surface area contributed by atoms with E-state index >= 15 is 0 Å². The van der Waals surface area contributed by atoms with E-state index < -0.39 is 0 Å². The molecule has 0 saturated carbocycles. The third-order valence-electron chi connectivity index (χ3n) is 2.12. The van der Waals surface area contributed by atoms with Crippen LogP contribution in [0.1, 0.15) is 39.5 Å². The molecule has 0 aliphatic carbocycles. The van der Waals surface area contributed by atoms with Crippen molar-refractivity contribution >= 4 is 11.8 Å². The van der Waals surface area contributed by atoms with Crippen molar-refractivity contribution < 1.29 is 14.3 Å². The largest absolute Gasteiger partial charge is 0.374 e. The lowest BCUT2D eigenvalue weighted by molar-refractivity contribution is -0.121. The molecule has 2 N–H and O–H groups in total. The van der Waals surface area contributed by atoms with Crippen LogP contribution in [0.25, 0.3) is 0 Å². The second kappa shape index (κ2) is 11.4. The molecule has 5 heteroatoms. The SMILES string of the molecule is CCCCCNC(=O)NCCCOCC(C)=O. The third kappa shape index (κ3) is 12.8. The lowest BCUT2D eigenvalue weighted by Crippen LogP contribution is -2.36. The zero-order valence-electron chi connectivity index (χ0n) is 10.9. The van der Waals surface area contributed by atoms with E-state index in [1.807, 2.05) is 0 Å². The van der Waals surface area contributed by atoms with Gasteiger partial charge in [-0.25, -0.2) is 4.79 Å². The van der Waals surface area contributed by atoms with Gasteiger partial charge in [0.2, 0.25) is 0 Å². The summed E-state index contributed by atoms with van der Waals surface area (Å²) >= 11 is 0. The second-order valence-corrected chi connectivity index (χ2v) is 4.00. The van der Waals surface area contributed by atoms with E-state index in [-0.39, 0.29) is 18.4 Å². The maximum absolute atomic E-state index is 11.2. The molecule has 0 saturated heterocycles. The Morgan fingerprint density at radius 2 is 1.71 bits per heavy atom. The number of hydrogen-bond acceptors (Lipinski definition) is 3. The highest BCUT2D eigenvalue weighted by Gasteiger charge is 1.98. The quantitative estimate of drug-likeness (QED) is 0.572. The first kappa shape index (κ1) is 15.9. The van der Waals surface area contributed by atoms with Crippen LogP contribution in [0.4, 0.5) is 4.79 Å². The highest BCUT2D eigenvalue weighted by atomic mass is 16.5. The predicted molar refractivity (Wildman–Crippen MR) is 67.0 cm³/mol. The van der Waals surface area contributed by atoms with E-state index in [9.17, 15) is 9.59 Å². The van der Waals surface area contributed by atoms with Crippen molar-refractivity contribution in [1.82, 2.24) is 10.6 Å². The molecule has 0 aromatic carbocycles. The molecule has 0 rings (SSSR count). The molecule has 0 aromatic rings. The number of nitrogens with one attached hydrogen (secondary N) is 2. The maximum atomic E-state index is 11.2. The van der Waals surface area contributed by atoms with Gasteiger partial charge in [0.15, 0.2) is 5.78 Å². The fourth-order valence-electron chi connectivity index (χ4n) is 1.23. The van der Waals surface area contributed by atoms with Gasteiger partial charge in [-0.05, 0) is 19.8 Å². The van der Waals surface area contributed by atoms with E-state index in [1.165, 1.54) is 6.92 Å². The second-order valence-electron chi connectivity index (χ2n) is 4.00. The smallest absolute Gasteiger partial charge is 0.314 e. The van der Waals surface area contributed by atoms with E-state index in [0.29, 0.717) is 13.2 Å². The summed E-state index contributed by atoms with van der Waals surface area (Å²) in [5.41, 5.74) is 0. The van der Waals surface area contributed by atoms with E-state index in [1.54, 1.807) is 0 Å². The fraction of sp³-hybridized carbons (Fsp3) is 0.833. The minimum Gasteiger partial charge on any atom is -0.374 e. The van der Waals surface area contributed by atoms with Crippen molar-refractivity contribution in [2.45, 2.75) is 39.5 Å². The summed E-state index contributed by atoms with van der Waals surface area (Å²) in [7, 11) is 0. The van der Waals surface area contributed by atoms with Crippen LogP contribution in [-0.2, 0) is 9.53 Å². The van der Waals surface area contributed by atoms with E-state index in [0.717, 1.165) is 32.2 Å². The fourth-order valence-corrected chi connectivity index (χ4v) is 1.23. The molecule has 0 unspecified atom stereocenters. The van der Waals surface area contributed by atoms with E-state index in [2.05, 4.69) is 17.6 Å². The number of carbonyl (C=O) groups excluding carboxylic acids is 2. The Balaban J connectivity index is 3.19. The van der Waals surface area contributed by atoms with Crippen LogP contribution in [0.5, 0.6) is 0 Å². The summed E-state index contributed by atoms with van der Waals surface area (Å²) in [5.74, 6) is 0.0200. The number of ketones is 1. The molecule has 5 nitrogen and oxygen atoms in total. The number of urea groups is 1. The summed E-state index contributed by atoms with van der Waals surface area (Å²) in [4.78, 5) is 21.8. The topological polar surface area (TPSA) is 67.4 Å². The number of carbonyl (C=O) groups is 2. The van der Waals surface area contributed by atoms with Crippen LogP contribution in [-0.4, -0.2) is 38.1 Å². The van der Waals surface area contributed by atoms with Crippen LogP contribution in [0.3, 0.4) is 0 Å². The molecular formula is C12H24N2O3. The molecule has 0 aliphatic rings. The van der Waals surface area contributed by atoms with Gasteiger partial charge in [-0.1, -0.05) is 19.8 Å². The number of Topliss-reactive ketones (excluding diaryl/α,β-unsaturated/α-hetero) is 1. The lowest BCUT2D eigenvalue weighted by atomic mass is 10.2. The van der Waals surface area contributed by atoms with Crippen LogP contribution in [0, 0.1) is 0 Å². The predicted octanol–water partition coefficient (Wildman–Crippen LogP) is 1.47. The summed E-state index contributed by atoms with van der Waals surface area (Å²) in [5, 5.41) is 5.51. The molecule has 2 amide bonds. The van der Waals surface area contributed by atoms with Gasteiger partial charge in [-0.15, -0.1) is 0 Å². The summed E-state index contributed by atoms with van der Waals surface area (Å²) in [6.07, 6.45) is 4.03. The van der Waals surface area contributed by atoms with Crippen LogP contribution in [0.2, 0.25) is 0 Å². The normalized spacial score (nSPS) is 10.0. The summed E-state index contributed by atoms with van der Waals surface area (Å²) in [6.45, 7) is 5.56. The zero-order chi connectivity index (χ0) is 12.9. The van der Waals surface area contributed by atoms with Gasteiger partial charge in [-0.2, -0.15) is 0 Å². The van der Waals surface area contributed by atoms with Crippen molar-refractivity contribution in [2.24, 2.45) is 0 Å². The number of unbranched alkanes of at least 4 members (excludes halogenated alkanes) is 2. The van der Waals surface area contributed by atoms with Gasteiger partial charge in [-0.3, -0.25) is 4.79 Å². The summed E-state index contributed by atoms with van der Waals surface area (Å²) < 4.78 is 5.07. The molecule has 0 bridgehead atoms. The molecule has 0 radical (unpaired) electrons. The number of amides is 2. The molecular weight excluding hydrogens is 220 g/mol. The van der Waals surface area contributed by atoms with Gasteiger partial charge in [0.1, 0.15) is 6.61 Å². The third-order valence-corrected chi connectivity index (χ3v) is 2.12. The molecule has 0 heterocycles. The standard InChI is InChI=1S/C12H24N2O3/c1-3-4-5-7-13-12(16)14-8-6-9-17-10-11(2)15/h3-10H2,1-2H3,(H2,13,14,16). The van der Waals surface area contributed by atoms with Crippen molar-refractivity contribution in [3.05, 3.63) is 0 Å². The first-order valence-electron chi connectivity index (χ1n) is 6.25. The Morgan fingerprint density at radius 3 is 2.29 bits per heavy atom. The lowest BCUT2D eigenvalue weighted by Gasteiger charge is -2.07. The number of rotatable bonds is 10. The number of ether oxygens (including phenoxy) is 1. The Hall–Kier alpha value is -1.10. The van der Waals surface area contributed by atoms with Gasteiger partial charge >= 0.3 is 6.03 Å². The monoisotopic (exact) mass is 244 g/mol. The van der Waals surface area contributed by atoms with E-state index in [4.69, 9.17) is 4.74 Å². The maximum Gasteiger partial charge on any atom is 0.314 e. The number of hydrogen-bond donors (Lipinski definition) is 2. The van der Waals surface area contributed by atoms with Crippen molar-refractivity contribution in [3.8, 4) is 0 Å². The van der Waals surface area contributed by atoms with Gasteiger partial charge in [0.25, 0.3) is 0 Å². The minimum absolute atomic E-state index is 0.0200. The molecule has 0 aliphatic heterocycles. The Bertz CT molecular complexity index is 220. The first-order valence-corrected chi connectivity index (χ1v) is 6.25. The molecule has 0 aromatic heterocycles. The molecule has 100 valence electrons. The zero-order valence-corrected chi connectivity index (χ0v) is 10.9.